The molecular weight excluding hydrogens is 334 g/mol. The van der Waals surface area contributed by atoms with Crippen molar-refractivity contribution in [2.24, 2.45) is 5.92 Å². The number of amides is 1. The molecule has 2 N–H and O–H groups in total. The molecule has 0 fully saturated rings. The second-order valence-electron chi connectivity index (χ2n) is 7.05. The first-order valence-corrected chi connectivity index (χ1v) is 8.92. The van der Waals surface area contributed by atoms with Crippen molar-refractivity contribution in [1.82, 2.24) is 4.90 Å². The van der Waals surface area contributed by atoms with Crippen molar-refractivity contribution in [2.75, 3.05) is 13.2 Å². The number of carbonyl (C=O) groups excluding carboxylic acids is 2. The fourth-order valence-electron chi connectivity index (χ4n) is 3.00. The van der Waals surface area contributed by atoms with Crippen LogP contribution < -0.4 is 0 Å². The summed E-state index contributed by atoms with van der Waals surface area (Å²) in [5.74, 6) is -1.53. The molecule has 1 amide bonds. The van der Waals surface area contributed by atoms with Gasteiger partial charge in [-0.15, -0.1) is 0 Å². The van der Waals surface area contributed by atoms with E-state index in [2.05, 4.69) is 0 Å². The highest BCUT2D eigenvalue weighted by atomic mass is 16.5. The topological polar surface area (TPSA) is 87.1 Å². The molecule has 1 aliphatic heterocycles. The van der Waals surface area contributed by atoms with E-state index in [-0.39, 0.29) is 29.1 Å². The zero-order valence-corrected chi connectivity index (χ0v) is 15.7. The molecule has 1 atom stereocenters. The Hall–Kier alpha value is -2.34. The molecule has 0 bridgehead atoms. The molecule has 2 rings (SSSR count). The van der Waals surface area contributed by atoms with Crippen molar-refractivity contribution in [3.05, 3.63) is 41.2 Å². The van der Waals surface area contributed by atoms with Gasteiger partial charge in [0.25, 0.3) is 5.91 Å². The first kappa shape index (κ1) is 20.0. The summed E-state index contributed by atoms with van der Waals surface area (Å²) in [4.78, 5) is 26.7. The number of aliphatic hydroxyl groups is 1. The number of carbonyl (C=O) groups is 2. The van der Waals surface area contributed by atoms with Gasteiger partial charge in [-0.25, -0.2) is 0 Å². The minimum atomic E-state index is -0.656. The van der Waals surface area contributed by atoms with Crippen molar-refractivity contribution in [1.29, 1.82) is 0 Å². The maximum atomic E-state index is 12.6. The lowest BCUT2D eigenvalue weighted by molar-refractivity contribution is -0.129. The number of rotatable bonds is 8. The lowest BCUT2D eigenvalue weighted by Crippen LogP contribution is -2.33. The highest BCUT2D eigenvalue weighted by Crippen LogP contribution is 2.39. The molecule has 0 spiro atoms. The van der Waals surface area contributed by atoms with E-state index < -0.39 is 17.7 Å². The lowest BCUT2D eigenvalue weighted by Gasteiger charge is -2.27. The zero-order chi connectivity index (χ0) is 19.4. The van der Waals surface area contributed by atoms with Crippen molar-refractivity contribution in [2.45, 2.75) is 46.3 Å². The van der Waals surface area contributed by atoms with Gasteiger partial charge in [0.05, 0.1) is 17.7 Å². The normalized spacial score (nSPS) is 17.7. The molecule has 142 valence electrons. The fourth-order valence-corrected chi connectivity index (χ4v) is 3.00. The van der Waals surface area contributed by atoms with E-state index in [0.29, 0.717) is 25.1 Å². The molecule has 0 radical (unpaired) electrons. The number of hydrogen-bond donors (Lipinski definition) is 2. The fraction of sp³-hybridized carbons (Fsp3) is 0.500. The number of ether oxygens (including phenoxy) is 1. The lowest BCUT2D eigenvalue weighted by atomic mass is 9.91. The SMILES string of the molecule is CC(C)OCCCN1C(=O)C(O)=C(C(=O)C(C)C)C1c1ccc(O)cc1. The highest BCUT2D eigenvalue weighted by molar-refractivity contribution is 6.09. The van der Waals surface area contributed by atoms with Crippen LogP contribution in [0.25, 0.3) is 0 Å². The van der Waals surface area contributed by atoms with Crippen LogP contribution >= 0.6 is 0 Å². The molecular formula is C20H27NO5. The molecule has 6 nitrogen and oxygen atoms in total. The summed E-state index contributed by atoms with van der Waals surface area (Å²) >= 11 is 0. The number of ketones is 1. The first-order valence-electron chi connectivity index (χ1n) is 8.92. The Labute approximate surface area is 154 Å². The number of Topliss-reactive ketones (excluding diaryl/α,β-unsaturated/α-hetero) is 1. The number of phenolic OH excluding ortho intramolecular Hbond substituents is 1. The van der Waals surface area contributed by atoms with E-state index in [4.69, 9.17) is 4.74 Å². The standard InChI is InChI=1S/C20H27NO5/c1-12(2)18(23)16-17(14-6-8-15(22)9-7-14)21(20(25)19(16)24)10-5-11-26-13(3)4/h6-9,12-13,17,22,24H,5,10-11H2,1-4H3. The predicted molar refractivity (Wildman–Crippen MR) is 97.8 cm³/mol. The second kappa shape index (κ2) is 8.36. The molecule has 26 heavy (non-hydrogen) atoms. The average molecular weight is 361 g/mol. The third kappa shape index (κ3) is 4.25. The first-order chi connectivity index (χ1) is 12.2. The van der Waals surface area contributed by atoms with Gasteiger partial charge in [0.15, 0.2) is 11.5 Å². The number of phenols is 1. The summed E-state index contributed by atoms with van der Waals surface area (Å²) in [6, 6.07) is 5.69. The third-order valence-corrected chi connectivity index (χ3v) is 4.30. The van der Waals surface area contributed by atoms with Gasteiger partial charge in [-0.05, 0) is 38.0 Å². The number of hydrogen-bond acceptors (Lipinski definition) is 5. The van der Waals surface area contributed by atoms with Crippen LogP contribution in [0.4, 0.5) is 0 Å². The Kier molecular flexibility index (Phi) is 6.42. The molecule has 1 aromatic carbocycles. The quantitative estimate of drug-likeness (QED) is 0.695. The second-order valence-corrected chi connectivity index (χ2v) is 7.05. The Morgan fingerprint density at radius 3 is 2.31 bits per heavy atom. The van der Waals surface area contributed by atoms with E-state index in [1.165, 1.54) is 17.0 Å². The Balaban J connectivity index is 2.33. The maximum Gasteiger partial charge on any atom is 0.290 e. The third-order valence-electron chi connectivity index (χ3n) is 4.30. The average Bonchev–Trinajstić information content (AvgIpc) is 2.83. The summed E-state index contributed by atoms with van der Waals surface area (Å²) in [6.07, 6.45) is 0.691. The van der Waals surface area contributed by atoms with E-state index in [1.807, 2.05) is 13.8 Å². The summed E-state index contributed by atoms with van der Waals surface area (Å²) in [5.41, 5.74) is 0.800. The molecule has 1 heterocycles. The van der Waals surface area contributed by atoms with Crippen molar-refractivity contribution in [3.63, 3.8) is 0 Å². The van der Waals surface area contributed by atoms with Crippen LogP contribution in [0.3, 0.4) is 0 Å². The van der Waals surface area contributed by atoms with E-state index in [9.17, 15) is 19.8 Å². The van der Waals surface area contributed by atoms with Gasteiger partial charge in [0.2, 0.25) is 0 Å². The molecule has 0 aliphatic carbocycles. The van der Waals surface area contributed by atoms with Gasteiger partial charge < -0.3 is 19.8 Å². The molecule has 0 aromatic heterocycles. The number of aliphatic hydroxyl groups excluding tert-OH is 1. The largest absolute Gasteiger partial charge is 0.508 e. The minimum Gasteiger partial charge on any atom is -0.508 e. The minimum absolute atomic E-state index is 0.0971. The van der Waals surface area contributed by atoms with Gasteiger partial charge in [0, 0.05) is 19.1 Å². The van der Waals surface area contributed by atoms with Gasteiger partial charge in [-0.2, -0.15) is 0 Å². The van der Waals surface area contributed by atoms with E-state index >= 15 is 0 Å². The Morgan fingerprint density at radius 2 is 1.77 bits per heavy atom. The molecule has 1 aromatic rings. The Morgan fingerprint density at radius 1 is 1.15 bits per heavy atom. The molecule has 1 unspecified atom stereocenters. The summed E-state index contributed by atoms with van der Waals surface area (Å²) in [5, 5.41) is 19.9. The zero-order valence-electron chi connectivity index (χ0n) is 15.7. The smallest absolute Gasteiger partial charge is 0.290 e. The van der Waals surface area contributed by atoms with Gasteiger partial charge >= 0.3 is 0 Å². The Bertz CT molecular complexity index is 691. The summed E-state index contributed by atoms with van der Waals surface area (Å²) < 4.78 is 5.52. The number of nitrogens with zero attached hydrogens (tertiary/aromatic N) is 1. The molecule has 6 heteroatoms. The van der Waals surface area contributed by atoms with Crippen LogP contribution in [-0.4, -0.2) is 46.1 Å². The number of aromatic hydroxyl groups is 1. The summed E-state index contributed by atoms with van der Waals surface area (Å²) in [6.45, 7) is 8.19. The number of benzene rings is 1. The van der Waals surface area contributed by atoms with Crippen LogP contribution in [-0.2, 0) is 14.3 Å². The van der Waals surface area contributed by atoms with Crippen molar-refractivity contribution in [3.8, 4) is 5.75 Å². The predicted octanol–water partition coefficient (Wildman–Crippen LogP) is 3.13. The van der Waals surface area contributed by atoms with E-state index in [0.717, 1.165) is 0 Å². The highest BCUT2D eigenvalue weighted by Gasteiger charge is 2.43. The van der Waals surface area contributed by atoms with Gasteiger partial charge in [0.1, 0.15) is 5.75 Å². The maximum absolute atomic E-state index is 12.6. The monoisotopic (exact) mass is 361 g/mol. The molecule has 0 saturated carbocycles. The van der Waals surface area contributed by atoms with Crippen molar-refractivity contribution < 1.29 is 24.5 Å². The van der Waals surface area contributed by atoms with Crippen LogP contribution in [0.1, 0.15) is 45.7 Å². The van der Waals surface area contributed by atoms with E-state index in [1.54, 1.807) is 26.0 Å². The van der Waals surface area contributed by atoms with Gasteiger partial charge in [-0.3, -0.25) is 9.59 Å². The van der Waals surface area contributed by atoms with Gasteiger partial charge in [-0.1, -0.05) is 26.0 Å². The molecule has 1 aliphatic rings. The van der Waals surface area contributed by atoms with Crippen LogP contribution in [0.15, 0.2) is 35.6 Å². The van der Waals surface area contributed by atoms with Crippen LogP contribution in [0, 0.1) is 5.92 Å². The molecule has 0 saturated heterocycles. The van der Waals surface area contributed by atoms with Crippen molar-refractivity contribution >= 4 is 11.7 Å². The van der Waals surface area contributed by atoms with Crippen LogP contribution in [0.2, 0.25) is 0 Å². The van der Waals surface area contributed by atoms with Crippen LogP contribution in [0.5, 0.6) is 5.75 Å². The summed E-state index contributed by atoms with van der Waals surface area (Å²) in [7, 11) is 0.